The maximum atomic E-state index is 12.3. The molecule has 2 N–H and O–H groups in total. The Bertz CT molecular complexity index is 1000. The summed E-state index contributed by atoms with van der Waals surface area (Å²) in [6, 6.07) is 7.44. The largest absolute Gasteiger partial charge is 0.348 e. The van der Waals surface area contributed by atoms with Crippen molar-refractivity contribution in [2.75, 3.05) is 0 Å². The van der Waals surface area contributed by atoms with Crippen LogP contribution in [0.1, 0.15) is 35.7 Å². The van der Waals surface area contributed by atoms with Gasteiger partial charge in [0.2, 0.25) is 5.91 Å². The van der Waals surface area contributed by atoms with Gasteiger partial charge in [0, 0.05) is 11.4 Å². The first kappa shape index (κ1) is 16.9. The number of carbonyl (C=O) groups is 1. The van der Waals surface area contributed by atoms with Gasteiger partial charge in [-0.15, -0.1) is 0 Å². The van der Waals surface area contributed by atoms with E-state index in [0.717, 1.165) is 16.6 Å². The zero-order valence-corrected chi connectivity index (χ0v) is 14.8. The quantitative estimate of drug-likeness (QED) is 0.759. The van der Waals surface area contributed by atoms with Crippen LogP contribution in [-0.4, -0.2) is 25.4 Å². The van der Waals surface area contributed by atoms with Gasteiger partial charge < -0.3 is 10.3 Å². The molecule has 0 fully saturated rings. The molecule has 0 aliphatic rings. The Hall–Kier alpha value is -2.96. The van der Waals surface area contributed by atoms with Crippen molar-refractivity contribution in [3.8, 4) is 0 Å². The van der Waals surface area contributed by atoms with E-state index >= 15 is 0 Å². The fourth-order valence-corrected chi connectivity index (χ4v) is 2.81. The number of amides is 1. The number of fused-ring (bicyclic) bond motifs is 1. The summed E-state index contributed by atoms with van der Waals surface area (Å²) in [4.78, 5) is 35.9. The second-order valence-corrected chi connectivity index (χ2v) is 6.34. The summed E-state index contributed by atoms with van der Waals surface area (Å²) in [5.41, 5.74) is 3.87. The van der Waals surface area contributed by atoms with Crippen molar-refractivity contribution in [1.82, 2.24) is 24.8 Å². The highest BCUT2D eigenvalue weighted by Crippen LogP contribution is 2.17. The highest BCUT2D eigenvalue weighted by atomic mass is 16.2. The zero-order chi connectivity index (χ0) is 18.1. The second-order valence-electron chi connectivity index (χ2n) is 6.34. The third-order valence-corrected chi connectivity index (χ3v) is 4.09. The van der Waals surface area contributed by atoms with E-state index in [0.29, 0.717) is 17.2 Å². The van der Waals surface area contributed by atoms with Gasteiger partial charge in [0.1, 0.15) is 12.4 Å². The summed E-state index contributed by atoms with van der Waals surface area (Å²) >= 11 is 0. The lowest BCUT2D eigenvalue weighted by molar-refractivity contribution is -0.122. The average molecular weight is 339 g/mol. The van der Waals surface area contributed by atoms with Crippen molar-refractivity contribution >= 4 is 16.9 Å². The van der Waals surface area contributed by atoms with E-state index in [2.05, 4.69) is 20.3 Å². The molecule has 25 heavy (non-hydrogen) atoms. The molecule has 0 bridgehead atoms. The Morgan fingerprint density at radius 2 is 2.00 bits per heavy atom. The van der Waals surface area contributed by atoms with Crippen molar-refractivity contribution in [3.63, 3.8) is 0 Å². The molecule has 1 aromatic carbocycles. The van der Waals surface area contributed by atoms with Crippen LogP contribution in [0.25, 0.3) is 11.0 Å². The minimum Gasteiger partial charge on any atom is -0.345 e. The van der Waals surface area contributed by atoms with E-state index in [9.17, 15) is 9.59 Å². The summed E-state index contributed by atoms with van der Waals surface area (Å²) < 4.78 is 1.36. The number of aromatic amines is 1. The van der Waals surface area contributed by atoms with Crippen LogP contribution < -0.4 is 11.0 Å². The summed E-state index contributed by atoms with van der Waals surface area (Å²) in [6.45, 7) is 7.34. The topological polar surface area (TPSA) is 92.7 Å². The Kier molecular flexibility index (Phi) is 4.39. The molecular weight excluding hydrogens is 318 g/mol. The lowest BCUT2D eigenvalue weighted by atomic mass is 10.2. The number of H-pyrrole nitrogens is 1. The first-order chi connectivity index (χ1) is 11.8. The first-order valence-electron chi connectivity index (χ1n) is 8.14. The first-order valence-corrected chi connectivity index (χ1v) is 8.14. The smallest absolute Gasteiger partial charge is 0.345 e. The number of hydrogen-bond acceptors (Lipinski definition) is 4. The molecule has 3 rings (SSSR count). The van der Waals surface area contributed by atoms with Gasteiger partial charge in [-0.2, -0.15) is 4.98 Å². The van der Waals surface area contributed by atoms with E-state index in [4.69, 9.17) is 0 Å². The number of rotatable bonds is 4. The number of nitrogens with zero attached hydrogens (tertiary/aromatic N) is 3. The number of carbonyl (C=O) groups excluding carboxylic acids is 1. The molecule has 3 aromatic rings. The lowest BCUT2D eigenvalue weighted by Gasteiger charge is -2.13. The fourth-order valence-electron chi connectivity index (χ4n) is 2.81. The van der Waals surface area contributed by atoms with Gasteiger partial charge >= 0.3 is 5.69 Å². The molecule has 2 aromatic heterocycles. The van der Waals surface area contributed by atoms with Gasteiger partial charge in [0.15, 0.2) is 0 Å². The van der Waals surface area contributed by atoms with Crippen molar-refractivity contribution in [3.05, 3.63) is 57.5 Å². The van der Waals surface area contributed by atoms with E-state index in [1.54, 1.807) is 19.9 Å². The molecule has 0 radical (unpaired) electrons. The Labute approximate surface area is 145 Å². The molecule has 0 spiro atoms. The summed E-state index contributed by atoms with van der Waals surface area (Å²) in [7, 11) is 0. The van der Waals surface area contributed by atoms with Crippen LogP contribution in [0.2, 0.25) is 0 Å². The van der Waals surface area contributed by atoms with Crippen LogP contribution in [-0.2, 0) is 11.3 Å². The standard InChI is InChI=1S/C18H21N5O2/c1-10-5-6-14-15(7-10)22-17(21-14)13(4)20-16(24)9-23-12(3)8-11(2)19-18(23)25/h5-8,13H,9H2,1-4H3,(H,20,24)(H,21,22)/t13-/m0/s1. The lowest BCUT2D eigenvalue weighted by Crippen LogP contribution is -2.36. The molecular formula is C18H21N5O2. The van der Waals surface area contributed by atoms with Gasteiger partial charge in [0.25, 0.3) is 0 Å². The maximum Gasteiger partial charge on any atom is 0.348 e. The molecule has 1 atom stereocenters. The minimum atomic E-state index is -0.417. The van der Waals surface area contributed by atoms with Gasteiger partial charge in [-0.05, 0) is 51.5 Å². The molecule has 2 heterocycles. The highest BCUT2D eigenvalue weighted by molar-refractivity contribution is 5.77. The predicted molar refractivity (Wildman–Crippen MR) is 95.4 cm³/mol. The molecule has 1 amide bonds. The Morgan fingerprint density at radius 1 is 1.24 bits per heavy atom. The maximum absolute atomic E-state index is 12.3. The summed E-state index contributed by atoms with van der Waals surface area (Å²) in [6.07, 6.45) is 0. The van der Waals surface area contributed by atoms with Crippen molar-refractivity contribution in [2.45, 2.75) is 40.3 Å². The summed E-state index contributed by atoms with van der Waals surface area (Å²) in [5.74, 6) is 0.417. The van der Waals surface area contributed by atoms with Gasteiger partial charge in [0.05, 0.1) is 17.1 Å². The van der Waals surface area contributed by atoms with Crippen molar-refractivity contribution < 1.29 is 4.79 Å². The number of aromatic nitrogens is 4. The predicted octanol–water partition coefficient (Wildman–Crippen LogP) is 1.92. The van der Waals surface area contributed by atoms with Crippen LogP contribution in [0.3, 0.4) is 0 Å². The second kappa shape index (κ2) is 6.51. The SMILES string of the molecule is Cc1ccc2nc([C@H](C)NC(=O)Cn3c(C)cc(C)nc3=O)[nH]c2c1. The van der Waals surface area contributed by atoms with Crippen molar-refractivity contribution in [2.24, 2.45) is 0 Å². The van der Waals surface area contributed by atoms with Crippen LogP contribution in [0.5, 0.6) is 0 Å². The third kappa shape index (κ3) is 3.60. The van der Waals surface area contributed by atoms with Crippen LogP contribution in [0.4, 0.5) is 0 Å². The van der Waals surface area contributed by atoms with Crippen LogP contribution >= 0.6 is 0 Å². The molecule has 0 saturated carbocycles. The molecule has 7 nitrogen and oxygen atoms in total. The molecule has 0 aliphatic carbocycles. The van der Waals surface area contributed by atoms with E-state index in [-0.39, 0.29) is 18.5 Å². The zero-order valence-electron chi connectivity index (χ0n) is 14.8. The molecule has 130 valence electrons. The van der Waals surface area contributed by atoms with Crippen LogP contribution in [0, 0.1) is 20.8 Å². The monoisotopic (exact) mass is 339 g/mol. The highest BCUT2D eigenvalue weighted by Gasteiger charge is 2.15. The molecule has 0 saturated heterocycles. The number of aryl methyl sites for hydroxylation is 3. The molecule has 0 unspecified atom stereocenters. The van der Waals surface area contributed by atoms with Gasteiger partial charge in [-0.1, -0.05) is 6.07 Å². The van der Waals surface area contributed by atoms with Crippen LogP contribution in [0.15, 0.2) is 29.1 Å². The number of imidazole rings is 1. The van der Waals surface area contributed by atoms with E-state index in [1.165, 1.54) is 4.57 Å². The summed E-state index contributed by atoms with van der Waals surface area (Å²) in [5, 5.41) is 2.87. The molecule has 7 heteroatoms. The Morgan fingerprint density at radius 3 is 2.72 bits per heavy atom. The third-order valence-electron chi connectivity index (χ3n) is 4.09. The number of hydrogen-bond donors (Lipinski definition) is 2. The van der Waals surface area contributed by atoms with Gasteiger partial charge in [-0.3, -0.25) is 9.36 Å². The average Bonchev–Trinajstić information content (AvgIpc) is 2.94. The fraction of sp³-hybridized carbons (Fsp3) is 0.333. The number of nitrogens with one attached hydrogen (secondary N) is 2. The molecule has 0 aliphatic heterocycles. The van der Waals surface area contributed by atoms with Crippen molar-refractivity contribution in [1.29, 1.82) is 0 Å². The van der Waals surface area contributed by atoms with E-state index < -0.39 is 5.69 Å². The van der Waals surface area contributed by atoms with E-state index in [1.807, 2.05) is 32.0 Å². The van der Waals surface area contributed by atoms with Gasteiger partial charge in [-0.25, -0.2) is 9.78 Å². The minimum absolute atomic E-state index is 0.0678. The number of benzene rings is 1. The normalized spacial score (nSPS) is 12.3. The Balaban J connectivity index is 1.75.